The molecule has 0 aliphatic heterocycles. The lowest BCUT2D eigenvalue weighted by Crippen LogP contribution is -2.28. The lowest BCUT2D eigenvalue weighted by molar-refractivity contribution is 0.316. The number of nitrogens with one attached hydrogen (secondary N) is 2. The van der Waals surface area contributed by atoms with Crippen LogP contribution >= 0.6 is 11.3 Å². The number of sulfonamides is 1. The van der Waals surface area contributed by atoms with E-state index in [0.29, 0.717) is 10.8 Å². The molecule has 0 bridgehead atoms. The molecule has 3 aromatic rings. The van der Waals surface area contributed by atoms with Crippen molar-refractivity contribution in [1.29, 1.82) is 0 Å². The molecule has 0 saturated carbocycles. The van der Waals surface area contributed by atoms with E-state index in [-0.39, 0.29) is 12.0 Å². The van der Waals surface area contributed by atoms with E-state index in [2.05, 4.69) is 28.8 Å². The minimum atomic E-state index is -3.33. The number of benzene rings is 2. The maximum absolute atomic E-state index is 13.3. The van der Waals surface area contributed by atoms with E-state index in [9.17, 15) is 13.2 Å². The molecule has 0 aliphatic carbocycles. The topological polar surface area (TPSA) is 78.5 Å². The maximum atomic E-state index is 13.3. The van der Waals surface area contributed by atoms with Gasteiger partial charge in [0.1, 0.15) is 0 Å². The first kappa shape index (κ1) is 21.7. The van der Waals surface area contributed by atoms with Crippen molar-refractivity contribution in [2.45, 2.75) is 20.4 Å². The molecule has 0 atom stereocenters. The molecule has 0 radical (unpaired) electrons. The highest BCUT2D eigenvalue weighted by Crippen LogP contribution is 2.32. The summed E-state index contributed by atoms with van der Waals surface area (Å²) in [4.78, 5) is 15.6. The van der Waals surface area contributed by atoms with Gasteiger partial charge < -0.3 is 10.2 Å². The molecule has 2 N–H and O–H groups in total. The SMILES string of the molecule is CCN(CC)CCNc1ccc([13CH2][15NH]S(C)(=O)=O)c2sc3ccccc3c(=O)c12. The van der Waals surface area contributed by atoms with E-state index in [1.54, 1.807) is 0 Å². The number of anilines is 1. The molecule has 0 unspecified atom stereocenters. The molecule has 0 amide bonds. The Labute approximate surface area is 175 Å². The van der Waals surface area contributed by atoms with Gasteiger partial charge >= 0.3 is 0 Å². The van der Waals surface area contributed by atoms with Crippen molar-refractivity contribution >= 4 is 47.2 Å². The number of rotatable bonds is 9. The van der Waals surface area contributed by atoms with Gasteiger partial charge in [-0.05, 0) is 36.9 Å². The first-order valence-corrected chi connectivity index (χ1v) is 12.4. The first-order valence-electron chi connectivity index (χ1n) is 9.72. The van der Waals surface area contributed by atoms with Crippen molar-refractivity contribution in [3.63, 3.8) is 0 Å². The molecule has 1 aromatic heterocycles. The number of hydrogen-bond acceptors (Lipinski definition) is 6. The smallest absolute Gasteiger partial charge is 0.209 e. The summed E-state index contributed by atoms with van der Waals surface area (Å²) in [5.74, 6) is 0. The maximum Gasteiger partial charge on any atom is 0.209 e. The summed E-state index contributed by atoms with van der Waals surface area (Å²) in [6.45, 7) is 8.00. The molecular weight excluding hydrogens is 408 g/mol. The number of hydrogen-bond donors (Lipinski definition) is 2. The van der Waals surface area contributed by atoms with Gasteiger partial charge in [0.2, 0.25) is 10.0 Å². The second-order valence-electron chi connectivity index (χ2n) is 6.95. The number of likely N-dealkylation sites (N-methyl/N-ethyl adjacent to an activating group) is 1. The van der Waals surface area contributed by atoms with E-state index < -0.39 is 10.0 Å². The van der Waals surface area contributed by atoms with Gasteiger partial charge in [-0.2, -0.15) is 0 Å². The quantitative estimate of drug-likeness (QED) is 0.307. The van der Waals surface area contributed by atoms with Crippen molar-refractivity contribution in [3.05, 3.63) is 52.2 Å². The molecule has 0 fully saturated rings. The highest BCUT2D eigenvalue weighted by Gasteiger charge is 2.14. The summed E-state index contributed by atoms with van der Waals surface area (Å²) >= 11 is 1.52. The van der Waals surface area contributed by atoms with Crippen molar-refractivity contribution in [2.24, 2.45) is 0 Å². The van der Waals surface area contributed by atoms with Crippen LogP contribution in [-0.2, 0) is 16.6 Å². The third-order valence-electron chi connectivity index (χ3n) is 4.97. The Balaban J connectivity index is 2.07. The van der Waals surface area contributed by atoms with Gasteiger partial charge in [-0.1, -0.05) is 32.0 Å². The summed E-state index contributed by atoms with van der Waals surface area (Å²) in [6, 6.07) is 11.3. The van der Waals surface area contributed by atoms with Crippen LogP contribution in [0, 0.1) is 0 Å². The monoisotopic (exact) mass is 435 g/mol. The second-order valence-corrected chi connectivity index (χ2v) is 9.84. The molecule has 0 aliphatic rings. The summed E-state index contributed by atoms with van der Waals surface area (Å²) in [7, 11) is -3.33. The molecule has 0 saturated heterocycles. The Morgan fingerprint density at radius 3 is 2.48 bits per heavy atom. The Morgan fingerprint density at radius 1 is 1.07 bits per heavy atom. The molecule has 1 heterocycles. The van der Waals surface area contributed by atoms with Crippen LogP contribution in [0.25, 0.3) is 20.2 Å². The minimum Gasteiger partial charge on any atom is -0.383 e. The average Bonchev–Trinajstić information content (AvgIpc) is 2.69. The van der Waals surface area contributed by atoms with Gasteiger partial charge in [-0.25, -0.2) is 13.1 Å². The van der Waals surface area contributed by atoms with Crippen LogP contribution in [0.3, 0.4) is 0 Å². The Hall–Kier alpha value is -2.00. The molecule has 6 nitrogen and oxygen atoms in total. The summed E-state index contributed by atoms with van der Waals surface area (Å²) in [6.07, 6.45) is 1.14. The van der Waals surface area contributed by atoms with Crippen LogP contribution in [0.4, 0.5) is 5.69 Å². The largest absolute Gasteiger partial charge is 0.383 e. The van der Waals surface area contributed by atoms with Gasteiger partial charge in [-0.15, -0.1) is 11.3 Å². The second kappa shape index (κ2) is 9.21. The lowest BCUT2D eigenvalue weighted by atomic mass is 10.1. The average molecular weight is 436 g/mol. The number of nitrogens with zero attached hydrogens (tertiary/aromatic N) is 1. The Kier molecular flexibility index (Phi) is 6.89. The standard InChI is InChI=1S/C21H27N3O3S2/c1-4-24(5-2)13-12-22-17-11-10-15(14-23-29(3,26)27)21-19(17)20(25)16-8-6-7-9-18(16)28-21/h6-11,22-23H,4-5,12-14H2,1-3H3/i14+1,23+1. The molecule has 3 rings (SSSR count). The third kappa shape index (κ3) is 5.14. The molecule has 2 aromatic carbocycles. The first-order chi connectivity index (χ1) is 13.8. The molecule has 156 valence electrons. The zero-order valence-electron chi connectivity index (χ0n) is 17.0. The number of fused-ring (bicyclic) bond motifs is 2. The summed E-state index contributed by atoms with van der Waals surface area (Å²) in [5.41, 5.74) is 1.57. The normalized spacial score (nSPS) is 12.1. The van der Waals surface area contributed by atoms with Crippen molar-refractivity contribution in [3.8, 4) is 0 Å². The molecule has 0 spiro atoms. The van der Waals surface area contributed by atoms with Crippen molar-refractivity contribution in [1.82, 2.24) is 9.62 Å². The third-order valence-corrected chi connectivity index (χ3v) is 6.89. The van der Waals surface area contributed by atoms with Gasteiger partial charge in [0, 0.05) is 40.1 Å². The van der Waals surface area contributed by atoms with E-state index in [0.717, 1.165) is 53.1 Å². The summed E-state index contributed by atoms with van der Waals surface area (Å²) < 4.78 is 27.4. The molecule has 29 heavy (non-hydrogen) atoms. The van der Waals surface area contributed by atoms with Crippen LogP contribution in [-0.4, -0.2) is 45.8 Å². The highest BCUT2D eigenvalue weighted by atomic mass is 32.2. The van der Waals surface area contributed by atoms with E-state index in [1.165, 1.54) is 11.3 Å². The zero-order valence-corrected chi connectivity index (χ0v) is 18.6. The Morgan fingerprint density at radius 2 is 1.79 bits per heavy atom. The minimum absolute atomic E-state index is 0.0269. The molecular formula is C21H27N3O3S2. The van der Waals surface area contributed by atoms with E-state index in [4.69, 9.17) is 0 Å². The van der Waals surface area contributed by atoms with Crippen LogP contribution in [0.2, 0.25) is 0 Å². The van der Waals surface area contributed by atoms with Gasteiger partial charge in [-0.3, -0.25) is 4.79 Å². The van der Waals surface area contributed by atoms with Crippen molar-refractivity contribution < 1.29 is 8.42 Å². The van der Waals surface area contributed by atoms with E-state index >= 15 is 0 Å². The lowest BCUT2D eigenvalue weighted by Gasteiger charge is -2.19. The predicted octanol–water partition coefficient (Wildman–Crippen LogP) is 3.22. The predicted molar refractivity (Wildman–Crippen MR) is 124 cm³/mol. The fourth-order valence-electron chi connectivity index (χ4n) is 3.34. The van der Waals surface area contributed by atoms with Gasteiger partial charge in [0.25, 0.3) is 0 Å². The van der Waals surface area contributed by atoms with Crippen LogP contribution in [0.15, 0.2) is 41.2 Å². The van der Waals surface area contributed by atoms with Crippen LogP contribution < -0.4 is 15.5 Å². The van der Waals surface area contributed by atoms with Gasteiger partial charge in [0.15, 0.2) is 5.43 Å². The van der Waals surface area contributed by atoms with E-state index in [1.807, 2.05) is 36.4 Å². The van der Waals surface area contributed by atoms with Crippen LogP contribution in [0.1, 0.15) is 19.4 Å². The molecule has 8 heteroatoms. The Bertz CT molecular complexity index is 1170. The fourth-order valence-corrected chi connectivity index (χ4v) is 4.97. The van der Waals surface area contributed by atoms with Gasteiger partial charge in [0.05, 0.1) is 11.6 Å². The zero-order chi connectivity index (χ0) is 21.0. The highest BCUT2D eigenvalue weighted by molar-refractivity contribution is 7.88. The fraction of sp³-hybridized carbons (Fsp3) is 0.381. The summed E-state index contributed by atoms with van der Waals surface area (Å²) in [5, 5.41) is 4.73. The van der Waals surface area contributed by atoms with Crippen molar-refractivity contribution in [2.75, 3.05) is 37.8 Å². The van der Waals surface area contributed by atoms with Crippen LogP contribution in [0.5, 0.6) is 0 Å².